The molecule has 0 unspecified atom stereocenters. The van der Waals surface area contributed by atoms with Crippen LogP contribution in [0.15, 0.2) is 17.5 Å². The van der Waals surface area contributed by atoms with Gasteiger partial charge in [0.2, 0.25) is 0 Å². The summed E-state index contributed by atoms with van der Waals surface area (Å²) < 4.78 is 0. The monoisotopic (exact) mass is 234 g/mol. The number of hydrogen-bond acceptors (Lipinski definition) is 4. The molecule has 0 bridgehead atoms. The molecule has 0 fully saturated rings. The van der Waals surface area contributed by atoms with Gasteiger partial charge in [0.15, 0.2) is 0 Å². The van der Waals surface area contributed by atoms with Crippen molar-refractivity contribution < 1.29 is 0 Å². The van der Waals surface area contributed by atoms with Gasteiger partial charge in [-0.2, -0.15) is 0 Å². The highest BCUT2D eigenvalue weighted by molar-refractivity contribution is 7.19. The molecule has 0 spiro atoms. The van der Waals surface area contributed by atoms with Crippen LogP contribution in [0.25, 0.3) is 20.7 Å². The van der Waals surface area contributed by atoms with Crippen molar-refractivity contribution in [3.05, 3.63) is 22.4 Å². The van der Waals surface area contributed by atoms with Crippen LogP contribution in [0.1, 0.15) is 24.6 Å². The van der Waals surface area contributed by atoms with E-state index in [0.717, 1.165) is 20.7 Å². The third-order valence-electron chi connectivity index (χ3n) is 2.35. The zero-order valence-corrected chi connectivity index (χ0v) is 10.2. The molecule has 0 aliphatic rings. The molecule has 3 heterocycles. The third-order valence-corrected chi connectivity index (χ3v) is 4.46. The standard InChI is InChI=1S/C11H10N2S2/c1-6(2)9-5-8-11(15-9)12-7-3-4-14-10(7)13-8/h3-6H,1-2H3. The lowest BCUT2D eigenvalue weighted by atomic mass is 10.2. The lowest BCUT2D eigenvalue weighted by Gasteiger charge is -1.95. The Kier molecular flexibility index (Phi) is 2.00. The normalized spacial score (nSPS) is 11.9. The Morgan fingerprint density at radius 2 is 1.93 bits per heavy atom. The van der Waals surface area contributed by atoms with E-state index >= 15 is 0 Å². The van der Waals surface area contributed by atoms with Gasteiger partial charge in [-0.25, -0.2) is 9.97 Å². The van der Waals surface area contributed by atoms with Gasteiger partial charge in [-0.05, 0) is 23.4 Å². The van der Waals surface area contributed by atoms with E-state index in [-0.39, 0.29) is 0 Å². The van der Waals surface area contributed by atoms with Gasteiger partial charge in [-0.15, -0.1) is 22.7 Å². The molecule has 15 heavy (non-hydrogen) atoms. The van der Waals surface area contributed by atoms with Crippen molar-refractivity contribution in [1.29, 1.82) is 0 Å². The molecule has 76 valence electrons. The van der Waals surface area contributed by atoms with Crippen molar-refractivity contribution in [3.63, 3.8) is 0 Å². The van der Waals surface area contributed by atoms with Crippen LogP contribution in [0.5, 0.6) is 0 Å². The second kappa shape index (κ2) is 3.25. The van der Waals surface area contributed by atoms with Crippen molar-refractivity contribution >= 4 is 43.4 Å². The van der Waals surface area contributed by atoms with Crippen LogP contribution in [0, 0.1) is 0 Å². The molecule has 0 amide bonds. The minimum Gasteiger partial charge on any atom is -0.233 e. The van der Waals surface area contributed by atoms with Gasteiger partial charge in [-0.1, -0.05) is 13.8 Å². The van der Waals surface area contributed by atoms with Gasteiger partial charge in [-0.3, -0.25) is 0 Å². The lowest BCUT2D eigenvalue weighted by molar-refractivity contribution is 0.890. The van der Waals surface area contributed by atoms with Crippen molar-refractivity contribution in [2.24, 2.45) is 0 Å². The molecule has 0 aliphatic carbocycles. The van der Waals surface area contributed by atoms with E-state index in [1.807, 2.05) is 11.4 Å². The summed E-state index contributed by atoms with van der Waals surface area (Å²) in [5.74, 6) is 0.559. The molecule has 0 saturated heterocycles. The fourth-order valence-corrected chi connectivity index (χ4v) is 3.21. The summed E-state index contributed by atoms with van der Waals surface area (Å²) in [6.07, 6.45) is 0. The minimum atomic E-state index is 0.559. The Hall–Kier alpha value is -1.00. The number of rotatable bonds is 1. The highest BCUT2D eigenvalue weighted by Gasteiger charge is 2.09. The first-order chi connectivity index (χ1) is 7.24. The van der Waals surface area contributed by atoms with Crippen LogP contribution < -0.4 is 0 Å². The van der Waals surface area contributed by atoms with Crippen LogP contribution in [0.3, 0.4) is 0 Å². The SMILES string of the molecule is CC(C)c1cc2nc3sccc3nc2s1. The zero-order chi connectivity index (χ0) is 10.4. The van der Waals surface area contributed by atoms with E-state index in [9.17, 15) is 0 Å². The summed E-state index contributed by atoms with van der Waals surface area (Å²) in [5.41, 5.74) is 2.06. The molecule has 3 aromatic rings. The van der Waals surface area contributed by atoms with Crippen LogP contribution in [0.4, 0.5) is 0 Å². The van der Waals surface area contributed by atoms with Crippen molar-refractivity contribution in [3.8, 4) is 0 Å². The zero-order valence-electron chi connectivity index (χ0n) is 8.52. The third kappa shape index (κ3) is 1.44. The predicted molar refractivity (Wildman–Crippen MR) is 66.9 cm³/mol. The minimum absolute atomic E-state index is 0.559. The first-order valence-corrected chi connectivity index (χ1v) is 6.58. The van der Waals surface area contributed by atoms with Gasteiger partial charge in [0.1, 0.15) is 20.7 Å². The summed E-state index contributed by atoms with van der Waals surface area (Å²) in [4.78, 5) is 12.7. The van der Waals surface area contributed by atoms with Gasteiger partial charge in [0.05, 0.1) is 0 Å². The van der Waals surface area contributed by atoms with E-state index in [1.165, 1.54) is 4.88 Å². The Labute approximate surface area is 95.6 Å². The fourth-order valence-electron chi connectivity index (χ4n) is 1.52. The van der Waals surface area contributed by atoms with Gasteiger partial charge >= 0.3 is 0 Å². The second-order valence-electron chi connectivity index (χ2n) is 3.83. The fraction of sp³-hybridized carbons (Fsp3) is 0.273. The highest BCUT2D eigenvalue weighted by Crippen LogP contribution is 2.30. The molecule has 0 N–H and O–H groups in total. The van der Waals surface area contributed by atoms with E-state index in [2.05, 4.69) is 29.9 Å². The smallest absolute Gasteiger partial charge is 0.142 e. The maximum atomic E-state index is 4.61. The highest BCUT2D eigenvalue weighted by atomic mass is 32.1. The topological polar surface area (TPSA) is 25.8 Å². The molecule has 2 nitrogen and oxygen atoms in total. The molecular formula is C11H10N2S2. The van der Waals surface area contributed by atoms with Crippen LogP contribution in [-0.2, 0) is 0 Å². The van der Waals surface area contributed by atoms with Crippen LogP contribution in [-0.4, -0.2) is 9.97 Å². The van der Waals surface area contributed by atoms with Crippen molar-refractivity contribution in [1.82, 2.24) is 9.97 Å². The predicted octanol–water partition coefficient (Wildman–Crippen LogP) is 4.03. The molecule has 3 aromatic heterocycles. The summed E-state index contributed by atoms with van der Waals surface area (Å²) in [5, 5.41) is 2.04. The van der Waals surface area contributed by atoms with Gasteiger partial charge in [0, 0.05) is 4.88 Å². The number of nitrogens with zero attached hydrogens (tertiary/aromatic N) is 2. The van der Waals surface area contributed by atoms with E-state index in [0.29, 0.717) is 5.92 Å². The number of thiophene rings is 2. The average Bonchev–Trinajstić information content (AvgIpc) is 2.77. The lowest BCUT2D eigenvalue weighted by Crippen LogP contribution is -1.78. The maximum Gasteiger partial charge on any atom is 0.142 e. The average molecular weight is 234 g/mol. The number of fused-ring (bicyclic) bond motifs is 2. The molecule has 4 heteroatoms. The molecular weight excluding hydrogens is 224 g/mol. The molecule has 0 aliphatic heterocycles. The Morgan fingerprint density at radius 1 is 1.13 bits per heavy atom. The van der Waals surface area contributed by atoms with Crippen molar-refractivity contribution in [2.45, 2.75) is 19.8 Å². The molecule has 3 rings (SSSR count). The van der Waals surface area contributed by atoms with Gasteiger partial charge in [0.25, 0.3) is 0 Å². The summed E-state index contributed by atoms with van der Waals surface area (Å²) >= 11 is 3.41. The largest absolute Gasteiger partial charge is 0.233 e. The van der Waals surface area contributed by atoms with Crippen molar-refractivity contribution in [2.75, 3.05) is 0 Å². The molecule has 0 atom stereocenters. The molecule has 0 aromatic carbocycles. The molecule has 0 saturated carbocycles. The van der Waals surface area contributed by atoms with Crippen LogP contribution >= 0.6 is 22.7 Å². The molecule has 0 radical (unpaired) electrons. The Bertz CT molecular complexity index is 574. The summed E-state index contributed by atoms with van der Waals surface area (Å²) in [7, 11) is 0. The second-order valence-corrected chi connectivity index (χ2v) is 5.79. The Balaban J connectivity index is 2.34. The number of hydrogen-bond donors (Lipinski definition) is 0. The maximum absolute atomic E-state index is 4.61. The summed E-state index contributed by atoms with van der Waals surface area (Å²) in [6.45, 7) is 4.40. The first-order valence-electron chi connectivity index (χ1n) is 4.89. The van der Waals surface area contributed by atoms with E-state index in [4.69, 9.17) is 0 Å². The van der Waals surface area contributed by atoms with E-state index < -0.39 is 0 Å². The quantitative estimate of drug-likeness (QED) is 0.635. The Morgan fingerprint density at radius 3 is 2.73 bits per heavy atom. The summed E-state index contributed by atoms with van der Waals surface area (Å²) in [6, 6.07) is 4.19. The van der Waals surface area contributed by atoms with Crippen LogP contribution in [0.2, 0.25) is 0 Å². The van der Waals surface area contributed by atoms with Gasteiger partial charge < -0.3 is 0 Å². The van der Waals surface area contributed by atoms with E-state index in [1.54, 1.807) is 22.7 Å². The first kappa shape index (κ1) is 9.24. The number of aromatic nitrogens is 2.